The predicted octanol–water partition coefficient (Wildman–Crippen LogP) is 6.24. The zero-order valence-electron chi connectivity index (χ0n) is 23.3. The molecular weight excluding hydrogens is 511 g/mol. The highest BCUT2D eigenvalue weighted by Crippen LogP contribution is 2.56. The van der Waals surface area contributed by atoms with Crippen LogP contribution in [-0.2, 0) is 17.8 Å². The van der Waals surface area contributed by atoms with E-state index in [4.69, 9.17) is 24.4 Å². The molecule has 0 spiro atoms. The molecule has 3 aliphatic rings. The van der Waals surface area contributed by atoms with Crippen molar-refractivity contribution in [1.29, 1.82) is 0 Å². The van der Waals surface area contributed by atoms with Crippen LogP contribution in [0.4, 0.5) is 4.39 Å². The molecule has 2 fully saturated rings. The van der Waals surface area contributed by atoms with E-state index in [0.29, 0.717) is 29.2 Å². The summed E-state index contributed by atoms with van der Waals surface area (Å²) in [6, 6.07) is 11.0. The number of ether oxygens (including phenoxy) is 2. The van der Waals surface area contributed by atoms with Crippen LogP contribution >= 0.6 is 0 Å². The average molecular weight is 549 g/mol. The van der Waals surface area contributed by atoms with E-state index in [1.165, 1.54) is 23.6 Å². The zero-order chi connectivity index (χ0) is 28.4. The molecule has 0 amide bonds. The minimum absolute atomic E-state index is 0.115. The highest BCUT2D eigenvalue weighted by molar-refractivity contribution is 5.67. The molecule has 3 aliphatic carbocycles. The lowest BCUT2D eigenvalue weighted by Crippen LogP contribution is -2.36. The van der Waals surface area contributed by atoms with E-state index < -0.39 is 5.60 Å². The van der Waals surface area contributed by atoms with Gasteiger partial charge in [-0.3, -0.25) is 4.79 Å². The zero-order valence-corrected chi connectivity index (χ0v) is 23.3. The maximum Gasteiger partial charge on any atom is 0.290 e. The summed E-state index contributed by atoms with van der Waals surface area (Å²) >= 11 is 0. The van der Waals surface area contributed by atoms with Crippen molar-refractivity contribution in [3.63, 3.8) is 0 Å². The summed E-state index contributed by atoms with van der Waals surface area (Å²) in [5.41, 5.74) is 5.21. The van der Waals surface area contributed by atoms with Crippen LogP contribution < -0.4 is 9.47 Å². The second kappa shape index (κ2) is 11.5. The van der Waals surface area contributed by atoms with Gasteiger partial charge in [-0.15, -0.1) is 0 Å². The Bertz CT molecular complexity index is 1360. The Kier molecular flexibility index (Phi) is 8.08. The number of aliphatic hydroxyl groups is 1. The molecule has 8 heteroatoms. The maximum atomic E-state index is 14.6. The molecule has 0 radical (unpaired) electrons. The molecule has 2 aromatic heterocycles. The standard InChI is InChI=1S/C31H35FN2O3.CH2O2/c1-18-25(9-11-29(34-18)37-24-7-5-23(6-8-24)31(2,3)35)19-4-10-28(32)22(12-19)17-36-30-15-21-13-20-14-26(20)27(21)16-33-30;2-1-3/h4,9-12,15-16,20,23-24,26,35H,5-8,13-14,17H2,1-3H3;1H,(H,2,3). The van der Waals surface area contributed by atoms with Crippen LogP contribution in [-0.4, -0.2) is 38.4 Å². The maximum absolute atomic E-state index is 14.6. The van der Waals surface area contributed by atoms with Crippen molar-refractivity contribution in [1.82, 2.24) is 9.97 Å². The van der Waals surface area contributed by atoms with Gasteiger partial charge in [0.15, 0.2) is 0 Å². The number of benzene rings is 1. The summed E-state index contributed by atoms with van der Waals surface area (Å²) in [6.07, 6.45) is 8.19. The number of fused-ring (bicyclic) bond motifs is 3. The van der Waals surface area contributed by atoms with Gasteiger partial charge in [-0.1, -0.05) is 6.07 Å². The van der Waals surface area contributed by atoms with Gasteiger partial charge in [0, 0.05) is 35.2 Å². The number of nitrogens with zero attached hydrogens (tertiary/aromatic N) is 2. The van der Waals surface area contributed by atoms with Crippen LogP contribution in [0.25, 0.3) is 11.1 Å². The van der Waals surface area contributed by atoms with Gasteiger partial charge in [0.25, 0.3) is 6.47 Å². The Morgan fingerprint density at radius 2 is 1.85 bits per heavy atom. The van der Waals surface area contributed by atoms with E-state index in [9.17, 15) is 9.50 Å². The van der Waals surface area contributed by atoms with E-state index in [1.54, 1.807) is 6.07 Å². The lowest BCUT2D eigenvalue weighted by molar-refractivity contribution is -0.122. The molecule has 2 heterocycles. The molecule has 2 saturated carbocycles. The highest BCUT2D eigenvalue weighted by atomic mass is 19.1. The number of carboxylic acid groups (broad SMARTS) is 1. The SMILES string of the molecule is Cc1nc(OC2CCC(C(C)(C)O)CC2)ccc1-c1ccc(F)c(COc2cc3c(cn2)C2CC2C3)c1.O=CO. The van der Waals surface area contributed by atoms with E-state index in [0.717, 1.165) is 54.8 Å². The van der Waals surface area contributed by atoms with Crippen LogP contribution in [0, 0.1) is 24.6 Å². The first-order chi connectivity index (χ1) is 19.2. The fourth-order valence-electron chi connectivity index (χ4n) is 6.18. The van der Waals surface area contributed by atoms with Crippen molar-refractivity contribution in [2.75, 3.05) is 0 Å². The van der Waals surface area contributed by atoms with Crippen LogP contribution in [0.15, 0.2) is 42.6 Å². The summed E-state index contributed by atoms with van der Waals surface area (Å²) in [5, 5.41) is 17.2. The van der Waals surface area contributed by atoms with Crippen LogP contribution in [0.2, 0.25) is 0 Å². The molecule has 2 atom stereocenters. The third kappa shape index (κ3) is 6.28. The molecule has 7 nitrogen and oxygen atoms in total. The number of halogens is 1. The first-order valence-corrected chi connectivity index (χ1v) is 14.0. The van der Waals surface area contributed by atoms with E-state index in [-0.39, 0.29) is 25.0 Å². The van der Waals surface area contributed by atoms with Gasteiger partial charge in [0.1, 0.15) is 18.5 Å². The summed E-state index contributed by atoms with van der Waals surface area (Å²) in [5.74, 6) is 2.68. The average Bonchev–Trinajstić information content (AvgIpc) is 3.59. The van der Waals surface area contributed by atoms with Crippen LogP contribution in [0.3, 0.4) is 0 Å². The van der Waals surface area contributed by atoms with Gasteiger partial charge >= 0.3 is 0 Å². The molecule has 2 N–H and O–H groups in total. The molecule has 1 aromatic carbocycles. The van der Waals surface area contributed by atoms with Crippen molar-refractivity contribution >= 4 is 6.47 Å². The van der Waals surface area contributed by atoms with Gasteiger partial charge in [-0.05, 0) is 112 Å². The smallest absolute Gasteiger partial charge is 0.290 e. The normalized spacial score (nSPS) is 22.8. The fraction of sp³-hybridized carbons (Fsp3) is 0.469. The van der Waals surface area contributed by atoms with Crippen LogP contribution in [0.1, 0.15) is 74.3 Å². The highest BCUT2D eigenvalue weighted by Gasteiger charge is 2.45. The van der Waals surface area contributed by atoms with Gasteiger partial charge < -0.3 is 19.7 Å². The lowest BCUT2D eigenvalue weighted by Gasteiger charge is -2.35. The number of aryl methyl sites for hydroxylation is 1. The molecule has 0 aliphatic heterocycles. The van der Waals surface area contributed by atoms with Gasteiger partial charge in [-0.2, -0.15) is 0 Å². The van der Waals surface area contributed by atoms with Crippen molar-refractivity contribution in [3.8, 4) is 22.9 Å². The second-order valence-corrected chi connectivity index (χ2v) is 11.8. The number of carbonyl (C=O) groups is 1. The fourth-order valence-corrected chi connectivity index (χ4v) is 6.18. The Hall–Kier alpha value is -3.52. The lowest BCUT2D eigenvalue weighted by atomic mass is 9.78. The van der Waals surface area contributed by atoms with Crippen molar-refractivity contribution in [3.05, 3.63) is 70.8 Å². The Morgan fingerprint density at radius 1 is 1.10 bits per heavy atom. The number of aromatic nitrogens is 2. The molecule has 40 heavy (non-hydrogen) atoms. The van der Waals surface area contributed by atoms with Gasteiger partial charge in [0.2, 0.25) is 11.8 Å². The Balaban J connectivity index is 0.00000103. The monoisotopic (exact) mass is 548 g/mol. The first kappa shape index (κ1) is 28.0. The molecule has 0 saturated heterocycles. The second-order valence-electron chi connectivity index (χ2n) is 11.8. The summed E-state index contributed by atoms with van der Waals surface area (Å²) in [6.45, 7) is 5.60. The summed E-state index contributed by atoms with van der Waals surface area (Å²) in [4.78, 5) is 17.5. The number of hydrogen-bond donors (Lipinski definition) is 2. The molecular formula is C32H37FN2O5. The largest absolute Gasteiger partial charge is 0.483 e. The van der Waals surface area contributed by atoms with Crippen molar-refractivity contribution < 1.29 is 28.9 Å². The van der Waals surface area contributed by atoms with Gasteiger partial charge in [0.05, 0.1) is 5.60 Å². The Labute approximate surface area is 234 Å². The first-order valence-electron chi connectivity index (χ1n) is 14.0. The molecule has 212 valence electrons. The number of hydrogen-bond acceptors (Lipinski definition) is 6. The molecule has 0 bridgehead atoms. The minimum atomic E-state index is -0.640. The van der Waals surface area contributed by atoms with E-state index in [2.05, 4.69) is 4.98 Å². The number of rotatable bonds is 7. The molecule has 6 rings (SSSR count). The van der Waals surface area contributed by atoms with Crippen LogP contribution in [0.5, 0.6) is 11.8 Å². The van der Waals surface area contributed by atoms with Crippen molar-refractivity contribution in [2.24, 2.45) is 11.8 Å². The van der Waals surface area contributed by atoms with Crippen molar-refractivity contribution in [2.45, 2.75) is 83.5 Å². The summed E-state index contributed by atoms with van der Waals surface area (Å²) < 4.78 is 26.7. The minimum Gasteiger partial charge on any atom is -0.483 e. The summed E-state index contributed by atoms with van der Waals surface area (Å²) in [7, 11) is 0. The van der Waals surface area contributed by atoms with Gasteiger partial charge in [-0.25, -0.2) is 14.4 Å². The van der Waals surface area contributed by atoms with E-state index >= 15 is 0 Å². The molecule has 2 unspecified atom stereocenters. The van der Waals surface area contributed by atoms with E-state index in [1.807, 2.05) is 51.2 Å². The predicted molar refractivity (Wildman–Crippen MR) is 149 cm³/mol. The third-order valence-corrected chi connectivity index (χ3v) is 8.56. The molecule has 3 aromatic rings. The Morgan fingerprint density at radius 3 is 2.55 bits per heavy atom. The quantitative estimate of drug-likeness (QED) is 0.337. The third-order valence-electron chi connectivity index (χ3n) is 8.56. The number of pyridine rings is 2. The topological polar surface area (TPSA) is 102 Å².